The van der Waals surface area contributed by atoms with Crippen molar-refractivity contribution in [2.75, 3.05) is 0 Å². The fourth-order valence-corrected chi connectivity index (χ4v) is 0.661. The average Bonchev–Trinajstić information content (AvgIpc) is 2.33. The van der Waals surface area contributed by atoms with Crippen molar-refractivity contribution in [1.82, 2.24) is 14.9 Å². The number of aromatic nitrogens is 2. The summed E-state index contributed by atoms with van der Waals surface area (Å²) in [5, 5.41) is 8.86. The molecule has 42 valence electrons. The van der Waals surface area contributed by atoms with Crippen LogP contribution in [0.4, 0.5) is 0 Å². The molecule has 0 unspecified atom stereocenters. The number of rotatable bonds is 0. The Hall–Kier alpha value is -1.54. The van der Waals surface area contributed by atoms with E-state index in [4.69, 9.17) is 0 Å². The van der Waals surface area contributed by atoms with Crippen LogP contribution in [-0.2, 0) is 0 Å². The maximum atomic E-state index is 3.91. The van der Waals surface area contributed by atoms with E-state index < -0.39 is 0 Å². The molecule has 0 aromatic carbocycles. The second kappa shape index (κ2) is 1.47. The minimum atomic E-state index is 0.796. The molecule has 1 aliphatic rings. The zero-order valence-electron chi connectivity index (χ0n) is 4.52. The molecule has 0 radical (unpaired) electrons. The molecule has 1 aliphatic heterocycles. The fraction of sp³-hybridized carbons (Fsp3) is 0. The smallest absolute Gasteiger partial charge is 0.201 e. The van der Waals surface area contributed by atoms with Crippen LogP contribution in [0.1, 0.15) is 0 Å². The summed E-state index contributed by atoms with van der Waals surface area (Å²) in [6.07, 6.45) is 4.67. The summed E-state index contributed by atoms with van der Waals surface area (Å²) in [5.41, 5.74) is 0. The van der Waals surface area contributed by atoms with Crippen LogP contribution in [0.2, 0.25) is 0 Å². The van der Waals surface area contributed by atoms with Crippen LogP contribution in [0.3, 0.4) is 0 Å². The molecule has 0 fully saturated rings. The maximum absolute atomic E-state index is 3.91. The molecule has 0 N–H and O–H groups in total. The van der Waals surface area contributed by atoms with Crippen molar-refractivity contribution in [2.24, 2.45) is 4.99 Å². The van der Waals surface area contributed by atoms with Gasteiger partial charge in [-0.15, -0.1) is 0 Å². The summed E-state index contributed by atoms with van der Waals surface area (Å²) in [5.74, 6) is 0. The Morgan fingerprint density at radius 3 is 3.00 bits per heavy atom. The largest absolute Gasteiger partial charge is 0.379 e. The molecule has 0 saturated heterocycles. The van der Waals surface area contributed by atoms with Gasteiger partial charge in [0.05, 0.1) is 0 Å². The zero-order valence-corrected chi connectivity index (χ0v) is 4.52. The van der Waals surface area contributed by atoms with Gasteiger partial charge in [-0.05, 0) is 4.99 Å². The van der Waals surface area contributed by atoms with E-state index in [1.165, 1.54) is 6.34 Å². The number of fused-ring (bicyclic) bond motifs is 1. The molecular weight excluding hydrogens is 116 g/mol. The molecule has 1 aromatic rings. The van der Waals surface area contributed by atoms with Gasteiger partial charge in [0.25, 0.3) is 10.7 Å². The normalized spacial score (nSPS) is 12.0. The van der Waals surface area contributed by atoms with Crippen molar-refractivity contribution < 1.29 is 0 Å². The van der Waals surface area contributed by atoms with Crippen molar-refractivity contribution >= 4 is 6.34 Å². The monoisotopic (exact) mass is 119 g/mol. The van der Waals surface area contributed by atoms with Gasteiger partial charge in [-0.1, -0.05) is 0 Å². The molecule has 0 spiro atoms. The quantitative estimate of drug-likeness (QED) is 0.365. The van der Waals surface area contributed by atoms with Gasteiger partial charge in [-0.2, -0.15) is 10.2 Å². The van der Waals surface area contributed by atoms with Crippen LogP contribution in [0, 0.1) is 0 Å². The third-order valence-corrected chi connectivity index (χ3v) is 1.08. The van der Waals surface area contributed by atoms with Crippen LogP contribution >= 0.6 is 0 Å². The second-order valence-corrected chi connectivity index (χ2v) is 1.63. The third kappa shape index (κ3) is 0.538. The molecule has 0 bridgehead atoms. The van der Waals surface area contributed by atoms with Crippen molar-refractivity contribution in [1.29, 1.82) is 0 Å². The highest BCUT2D eigenvalue weighted by atomic mass is 15.1. The lowest BCUT2D eigenvalue weighted by Gasteiger charge is -1.67. The predicted octanol–water partition coefficient (Wildman–Crippen LogP) is -2.18. The first kappa shape index (κ1) is 4.35. The summed E-state index contributed by atoms with van der Waals surface area (Å²) in [6, 6.07) is 0. The van der Waals surface area contributed by atoms with Crippen LogP contribution in [-0.4, -0.2) is 16.5 Å². The Morgan fingerprint density at radius 1 is 1.22 bits per heavy atom. The van der Waals surface area contributed by atoms with Crippen molar-refractivity contribution in [3.63, 3.8) is 0 Å². The molecule has 2 rings (SSSR count). The number of hydrogen-bond acceptors (Lipinski definition) is 3. The summed E-state index contributed by atoms with van der Waals surface area (Å²) in [7, 11) is 0. The highest BCUT2D eigenvalue weighted by Crippen LogP contribution is 1.55. The maximum Gasteiger partial charge on any atom is 0.379 e. The van der Waals surface area contributed by atoms with E-state index in [1.54, 1.807) is 12.4 Å². The minimum absolute atomic E-state index is 0.796. The van der Waals surface area contributed by atoms with E-state index in [0.29, 0.717) is 0 Å². The Labute approximate surface area is 50.3 Å². The van der Waals surface area contributed by atoms with Gasteiger partial charge in [-0.25, -0.2) is 4.67 Å². The van der Waals surface area contributed by atoms with Crippen LogP contribution in [0.15, 0.2) is 17.4 Å². The molecule has 9 heavy (non-hydrogen) atoms. The number of nitrogens with zero attached hydrogens (tertiary/aromatic N) is 4. The van der Waals surface area contributed by atoms with Crippen LogP contribution in [0.5, 0.6) is 0 Å². The molecule has 0 atom stereocenters. The minimum Gasteiger partial charge on any atom is -0.201 e. The standard InChI is InChI=1S/C5H3N4/c1-4-5(2-9-8-1)7-3-6-4/h1-3H/q+1. The zero-order chi connectivity index (χ0) is 6.10. The van der Waals surface area contributed by atoms with Crippen molar-refractivity contribution in [2.45, 2.75) is 0 Å². The van der Waals surface area contributed by atoms with E-state index in [0.717, 1.165) is 10.7 Å². The first-order valence-corrected chi connectivity index (χ1v) is 2.51. The Morgan fingerprint density at radius 2 is 2.11 bits per heavy atom. The molecule has 0 saturated carbocycles. The summed E-state index contributed by atoms with van der Waals surface area (Å²) >= 11 is 0. The Bertz CT molecular complexity index is 374. The average molecular weight is 119 g/mol. The van der Waals surface area contributed by atoms with Gasteiger partial charge in [0.1, 0.15) is 12.4 Å². The molecule has 2 heterocycles. The SMILES string of the molecule is C1=[N+]=c2cnncc2=N1. The van der Waals surface area contributed by atoms with Gasteiger partial charge < -0.3 is 0 Å². The van der Waals surface area contributed by atoms with E-state index in [1.807, 2.05) is 0 Å². The predicted molar refractivity (Wildman–Crippen MR) is 30.1 cm³/mol. The van der Waals surface area contributed by atoms with Crippen molar-refractivity contribution in [3.05, 3.63) is 23.1 Å². The van der Waals surface area contributed by atoms with Gasteiger partial charge in [0, 0.05) is 0 Å². The summed E-state index contributed by atoms with van der Waals surface area (Å²) in [6.45, 7) is 0. The van der Waals surface area contributed by atoms with Gasteiger partial charge in [-0.3, -0.25) is 0 Å². The lowest BCUT2D eigenvalue weighted by Crippen LogP contribution is -2.25. The first-order valence-electron chi connectivity index (χ1n) is 2.51. The van der Waals surface area contributed by atoms with E-state index in [-0.39, 0.29) is 0 Å². The Balaban J connectivity index is 3.09. The summed E-state index contributed by atoms with van der Waals surface area (Å²) in [4.78, 5) is 3.91. The van der Waals surface area contributed by atoms with E-state index in [2.05, 4.69) is 19.9 Å². The fourth-order valence-electron chi connectivity index (χ4n) is 0.661. The molecule has 1 aromatic heterocycles. The lowest BCUT2D eigenvalue weighted by molar-refractivity contribution is 0.985. The lowest BCUT2D eigenvalue weighted by atomic mass is 10.5. The van der Waals surface area contributed by atoms with Crippen LogP contribution < -0.4 is 15.4 Å². The first-order chi connectivity index (χ1) is 4.47. The number of hydrogen-bond donors (Lipinski definition) is 0. The molecule has 0 aliphatic carbocycles. The Kier molecular flexibility index (Phi) is 0.709. The molecular formula is C5H3N4+. The third-order valence-electron chi connectivity index (χ3n) is 1.08. The molecule has 4 nitrogen and oxygen atoms in total. The topological polar surface area (TPSA) is 52.2 Å². The van der Waals surface area contributed by atoms with E-state index in [9.17, 15) is 0 Å². The van der Waals surface area contributed by atoms with Gasteiger partial charge in [0.15, 0.2) is 0 Å². The molecule has 4 heteroatoms. The van der Waals surface area contributed by atoms with Crippen LogP contribution in [0.25, 0.3) is 0 Å². The highest BCUT2D eigenvalue weighted by Gasteiger charge is 2.00. The molecule has 0 amide bonds. The van der Waals surface area contributed by atoms with Gasteiger partial charge in [0.2, 0.25) is 0 Å². The second-order valence-electron chi connectivity index (χ2n) is 1.63. The summed E-state index contributed by atoms with van der Waals surface area (Å²) < 4.78 is 3.91. The van der Waals surface area contributed by atoms with Crippen molar-refractivity contribution in [3.8, 4) is 0 Å². The van der Waals surface area contributed by atoms with E-state index >= 15 is 0 Å². The highest BCUT2D eigenvalue weighted by molar-refractivity contribution is 5.54. The van der Waals surface area contributed by atoms with Gasteiger partial charge >= 0.3 is 6.34 Å².